The molecule has 0 spiro atoms. The summed E-state index contributed by atoms with van der Waals surface area (Å²) < 4.78 is 0. The van der Waals surface area contributed by atoms with E-state index in [4.69, 9.17) is 23.2 Å². The fourth-order valence-electron chi connectivity index (χ4n) is 2.54. The topological polar surface area (TPSA) is 62.1 Å². The molecular formula is C16H20Cl2N3O3+. The summed E-state index contributed by atoms with van der Waals surface area (Å²) in [5.41, 5.74) is 0.923. The van der Waals surface area contributed by atoms with Gasteiger partial charge in [0, 0.05) is 12.1 Å². The summed E-state index contributed by atoms with van der Waals surface area (Å²) in [7, 11) is 1.83. The highest BCUT2D eigenvalue weighted by Gasteiger charge is 2.45. The van der Waals surface area contributed by atoms with E-state index in [0.717, 1.165) is 20.3 Å². The van der Waals surface area contributed by atoms with E-state index in [9.17, 15) is 14.4 Å². The fraction of sp³-hybridized carbons (Fsp3) is 0.438. The van der Waals surface area contributed by atoms with Gasteiger partial charge < -0.3 is 4.90 Å². The van der Waals surface area contributed by atoms with E-state index in [1.54, 1.807) is 12.1 Å². The van der Waals surface area contributed by atoms with Crippen LogP contribution in [0.15, 0.2) is 18.2 Å². The van der Waals surface area contributed by atoms with Gasteiger partial charge in [0.2, 0.25) is 0 Å². The van der Waals surface area contributed by atoms with Crippen molar-refractivity contribution in [2.75, 3.05) is 20.3 Å². The van der Waals surface area contributed by atoms with Crippen molar-refractivity contribution in [3.8, 4) is 0 Å². The van der Waals surface area contributed by atoms with Crippen molar-refractivity contribution in [3.63, 3.8) is 0 Å². The van der Waals surface area contributed by atoms with Crippen molar-refractivity contribution in [2.24, 2.45) is 5.92 Å². The number of hydrogen-bond acceptors (Lipinski definition) is 3. The molecule has 130 valence electrons. The first-order valence-electron chi connectivity index (χ1n) is 7.63. The number of nitrogens with one attached hydrogen (secondary N) is 1. The lowest BCUT2D eigenvalue weighted by molar-refractivity contribution is -0.901. The van der Waals surface area contributed by atoms with Crippen molar-refractivity contribution in [1.29, 1.82) is 0 Å². The number of hydrogen-bond donors (Lipinski definition) is 1. The monoisotopic (exact) mass is 372 g/mol. The lowest BCUT2D eigenvalue weighted by Gasteiger charge is -2.20. The molecule has 1 aromatic rings. The van der Waals surface area contributed by atoms with Crippen molar-refractivity contribution < 1.29 is 19.3 Å². The van der Waals surface area contributed by atoms with Crippen LogP contribution in [0.3, 0.4) is 0 Å². The second-order valence-electron chi connectivity index (χ2n) is 6.37. The Morgan fingerprint density at radius 2 is 1.67 bits per heavy atom. The molecule has 1 N–H and O–H groups in total. The summed E-state index contributed by atoms with van der Waals surface area (Å²) in [6, 6.07) is 4.73. The van der Waals surface area contributed by atoms with Crippen LogP contribution in [0.5, 0.6) is 0 Å². The molecule has 1 atom stereocenters. The highest BCUT2D eigenvalue weighted by Crippen LogP contribution is 2.22. The second-order valence-corrected chi connectivity index (χ2v) is 7.18. The average Bonchev–Trinajstić information content (AvgIpc) is 2.68. The molecule has 0 aliphatic carbocycles. The molecular weight excluding hydrogens is 353 g/mol. The zero-order valence-corrected chi connectivity index (χ0v) is 15.3. The van der Waals surface area contributed by atoms with Crippen LogP contribution in [-0.4, -0.2) is 47.9 Å². The maximum atomic E-state index is 12.3. The maximum absolute atomic E-state index is 12.3. The van der Waals surface area contributed by atoms with E-state index in [-0.39, 0.29) is 19.1 Å². The molecule has 1 aliphatic rings. The molecule has 0 bridgehead atoms. The average molecular weight is 373 g/mol. The predicted molar refractivity (Wildman–Crippen MR) is 90.7 cm³/mol. The van der Waals surface area contributed by atoms with Crippen LogP contribution in [0.25, 0.3) is 0 Å². The molecule has 0 saturated carbocycles. The molecule has 4 amide bonds. The summed E-state index contributed by atoms with van der Waals surface area (Å²) in [4.78, 5) is 39.2. The van der Waals surface area contributed by atoms with Gasteiger partial charge in [0.25, 0.3) is 0 Å². The molecule has 0 radical (unpaired) electrons. The zero-order chi connectivity index (χ0) is 18.0. The molecule has 1 heterocycles. The largest absolute Gasteiger partial charge is 0.338 e. The smallest absolute Gasteiger partial charge is 0.316 e. The van der Waals surface area contributed by atoms with E-state index in [2.05, 4.69) is 0 Å². The van der Waals surface area contributed by atoms with Crippen LogP contribution in [0.2, 0.25) is 10.0 Å². The van der Waals surface area contributed by atoms with Crippen LogP contribution in [-0.2, 0) is 16.1 Å². The Hall–Kier alpha value is -1.63. The van der Waals surface area contributed by atoms with Gasteiger partial charge in [0.05, 0.1) is 17.1 Å². The molecule has 1 saturated heterocycles. The summed E-state index contributed by atoms with van der Waals surface area (Å²) in [6.45, 7) is 4.65. The van der Waals surface area contributed by atoms with Gasteiger partial charge in [-0.2, -0.15) is 0 Å². The first-order valence-corrected chi connectivity index (χ1v) is 8.38. The molecule has 24 heavy (non-hydrogen) atoms. The number of halogens is 2. The van der Waals surface area contributed by atoms with Crippen LogP contribution < -0.4 is 4.90 Å². The lowest BCUT2D eigenvalue weighted by Crippen LogP contribution is -3.09. The highest BCUT2D eigenvalue weighted by molar-refractivity contribution is 6.44. The number of benzene rings is 1. The molecule has 8 heteroatoms. The molecule has 1 aromatic carbocycles. The summed E-state index contributed by atoms with van der Waals surface area (Å²) in [6.07, 6.45) is 0. The van der Waals surface area contributed by atoms with Gasteiger partial charge in [-0.05, 0) is 18.1 Å². The number of urea groups is 1. The summed E-state index contributed by atoms with van der Waals surface area (Å²) >= 11 is 11.9. The highest BCUT2D eigenvalue weighted by atomic mass is 35.5. The number of carbonyl (C=O) groups excluding carboxylic acids is 3. The van der Waals surface area contributed by atoms with Gasteiger partial charge in [-0.3, -0.25) is 14.5 Å². The minimum absolute atomic E-state index is 0.104. The van der Waals surface area contributed by atoms with Crippen molar-refractivity contribution >= 4 is 41.0 Å². The fourth-order valence-corrected chi connectivity index (χ4v) is 2.86. The molecule has 1 fully saturated rings. The van der Waals surface area contributed by atoms with Gasteiger partial charge >= 0.3 is 17.8 Å². The maximum Gasteiger partial charge on any atom is 0.338 e. The molecule has 1 unspecified atom stereocenters. The number of quaternary nitrogens is 1. The molecule has 2 rings (SSSR count). The van der Waals surface area contributed by atoms with Crippen molar-refractivity contribution in [3.05, 3.63) is 33.8 Å². The van der Waals surface area contributed by atoms with Gasteiger partial charge in [-0.1, -0.05) is 43.1 Å². The third kappa shape index (κ3) is 4.06. The van der Waals surface area contributed by atoms with Crippen molar-refractivity contribution in [2.45, 2.75) is 20.4 Å². The first-order chi connectivity index (χ1) is 11.2. The summed E-state index contributed by atoms with van der Waals surface area (Å²) in [5.74, 6) is -1.42. The van der Waals surface area contributed by atoms with Crippen molar-refractivity contribution in [1.82, 2.24) is 9.80 Å². The third-order valence-corrected chi connectivity index (χ3v) is 4.34. The Kier molecular flexibility index (Phi) is 5.85. The number of carbonyl (C=O) groups is 3. The van der Waals surface area contributed by atoms with Gasteiger partial charge in [0.1, 0.15) is 6.54 Å². The van der Waals surface area contributed by atoms with Crippen LogP contribution in [0.4, 0.5) is 4.79 Å². The van der Waals surface area contributed by atoms with Gasteiger partial charge in [-0.25, -0.2) is 9.69 Å². The Morgan fingerprint density at radius 3 is 2.25 bits per heavy atom. The second kappa shape index (κ2) is 7.51. The van der Waals surface area contributed by atoms with Gasteiger partial charge in [0.15, 0.2) is 6.67 Å². The Balaban J connectivity index is 2.04. The number of rotatable bonds is 6. The van der Waals surface area contributed by atoms with Crippen LogP contribution in [0, 0.1) is 5.92 Å². The minimum Gasteiger partial charge on any atom is -0.316 e. The number of nitrogens with zero attached hydrogens (tertiary/aromatic N) is 2. The van der Waals surface area contributed by atoms with E-state index < -0.39 is 17.8 Å². The van der Waals surface area contributed by atoms with Crippen LogP contribution >= 0.6 is 23.2 Å². The SMILES string of the molecule is CC(C)CN1C(=O)C(=O)N(C[NH+](C)Cc2ccc(Cl)c(Cl)c2)C1=O. The number of imide groups is 2. The normalized spacial score (nSPS) is 16.5. The van der Waals surface area contributed by atoms with E-state index >= 15 is 0 Å². The Morgan fingerprint density at radius 1 is 1.04 bits per heavy atom. The quantitative estimate of drug-likeness (QED) is 0.606. The van der Waals surface area contributed by atoms with Crippen LogP contribution in [0.1, 0.15) is 19.4 Å². The predicted octanol–water partition coefficient (Wildman–Crippen LogP) is 1.41. The lowest BCUT2D eigenvalue weighted by atomic mass is 10.2. The minimum atomic E-state index is -0.769. The standard InChI is InChI=1S/C16H19Cl2N3O3/c1-10(2)7-20-14(22)15(23)21(16(20)24)9-19(3)8-11-4-5-12(17)13(18)6-11/h4-6,10H,7-9H2,1-3H3/p+1. The summed E-state index contributed by atoms with van der Waals surface area (Å²) in [5, 5.41) is 0.923. The Labute approximate surface area is 150 Å². The zero-order valence-electron chi connectivity index (χ0n) is 13.8. The molecule has 0 aromatic heterocycles. The van der Waals surface area contributed by atoms with E-state index in [1.165, 1.54) is 0 Å². The Bertz CT molecular complexity index is 679. The van der Waals surface area contributed by atoms with E-state index in [1.807, 2.05) is 27.0 Å². The first kappa shape index (κ1) is 18.7. The van der Waals surface area contributed by atoms with Gasteiger partial charge in [-0.15, -0.1) is 0 Å². The molecule has 1 aliphatic heterocycles. The third-order valence-electron chi connectivity index (χ3n) is 3.60. The van der Waals surface area contributed by atoms with E-state index in [0.29, 0.717) is 16.6 Å². The number of amides is 4. The molecule has 6 nitrogen and oxygen atoms in total.